The fraction of sp³-hybridized carbons (Fsp3) is 0.167. The van der Waals surface area contributed by atoms with Crippen LogP contribution in [0.25, 0.3) is 10.9 Å². The molecule has 0 saturated carbocycles. The van der Waals surface area contributed by atoms with Gasteiger partial charge >= 0.3 is 0 Å². The van der Waals surface area contributed by atoms with E-state index < -0.39 is 0 Å². The average molecular weight is 220 g/mol. The molecule has 0 unspecified atom stereocenters. The summed E-state index contributed by atoms with van der Waals surface area (Å²) in [5, 5.41) is 1.61. The van der Waals surface area contributed by atoms with Crippen LogP contribution in [0.2, 0.25) is 5.02 Å². The number of fused-ring (bicyclic) bond motifs is 1. The number of nitrogens with zero attached hydrogens (tertiary/aromatic N) is 1. The summed E-state index contributed by atoms with van der Waals surface area (Å²) >= 11 is 6.10. The van der Waals surface area contributed by atoms with Gasteiger partial charge in [0, 0.05) is 5.39 Å². The Kier molecular flexibility index (Phi) is 2.45. The molecule has 0 aliphatic heterocycles. The predicted molar refractivity (Wildman–Crippen MR) is 61.6 cm³/mol. The normalized spacial score (nSPS) is 10.6. The molecule has 0 amide bonds. The van der Waals surface area contributed by atoms with E-state index in [-0.39, 0.29) is 0 Å². The monoisotopic (exact) mass is 219 g/mol. The molecule has 0 spiro atoms. The Morgan fingerprint density at radius 2 is 2.00 bits per heavy atom. The second-order valence-electron chi connectivity index (χ2n) is 3.57. The van der Waals surface area contributed by atoms with Crippen molar-refractivity contribution in [3.8, 4) is 0 Å². The smallest absolute Gasteiger partial charge is 0.168 e. The Morgan fingerprint density at radius 3 is 2.67 bits per heavy atom. The number of aryl methyl sites for hydroxylation is 2. The highest BCUT2D eigenvalue weighted by molar-refractivity contribution is 6.35. The number of benzene rings is 1. The first-order valence-corrected chi connectivity index (χ1v) is 5.03. The second-order valence-corrected chi connectivity index (χ2v) is 3.98. The molecule has 1 aromatic carbocycles. The van der Waals surface area contributed by atoms with E-state index in [2.05, 4.69) is 4.98 Å². The third-order valence-electron chi connectivity index (χ3n) is 2.45. The molecule has 0 atom stereocenters. The first kappa shape index (κ1) is 10.1. The van der Waals surface area contributed by atoms with Crippen LogP contribution in [0.4, 0.5) is 0 Å². The van der Waals surface area contributed by atoms with Crippen molar-refractivity contribution >= 4 is 28.8 Å². The largest absolute Gasteiger partial charge is 0.296 e. The fourth-order valence-corrected chi connectivity index (χ4v) is 2.01. The van der Waals surface area contributed by atoms with Gasteiger partial charge in [-0.3, -0.25) is 4.79 Å². The highest BCUT2D eigenvalue weighted by Crippen LogP contribution is 2.27. The van der Waals surface area contributed by atoms with Crippen molar-refractivity contribution < 1.29 is 4.79 Å². The Bertz CT molecular complexity index is 549. The van der Waals surface area contributed by atoms with Gasteiger partial charge < -0.3 is 0 Å². The summed E-state index contributed by atoms with van der Waals surface area (Å²) < 4.78 is 0. The maximum atomic E-state index is 10.7. The van der Waals surface area contributed by atoms with Crippen LogP contribution in [0.3, 0.4) is 0 Å². The van der Waals surface area contributed by atoms with E-state index in [0.717, 1.165) is 28.3 Å². The Morgan fingerprint density at radius 1 is 1.27 bits per heavy atom. The van der Waals surface area contributed by atoms with Crippen LogP contribution in [0, 0.1) is 13.8 Å². The van der Waals surface area contributed by atoms with Crippen molar-refractivity contribution in [2.45, 2.75) is 13.8 Å². The van der Waals surface area contributed by atoms with Gasteiger partial charge in [-0.05, 0) is 37.1 Å². The number of carbonyl (C=O) groups is 1. The molecule has 15 heavy (non-hydrogen) atoms. The van der Waals surface area contributed by atoms with Gasteiger partial charge in [-0.15, -0.1) is 0 Å². The van der Waals surface area contributed by atoms with Crippen LogP contribution < -0.4 is 0 Å². The van der Waals surface area contributed by atoms with E-state index in [1.165, 1.54) is 0 Å². The van der Waals surface area contributed by atoms with Gasteiger partial charge in [-0.25, -0.2) is 4.98 Å². The number of carbonyl (C=O) groups excluding carboxylic acids is 1. The Hall–Kier alpha value is -1.41. The molecule has 1 aromatic heterocycles. The summed E-state index contributed by atoms with van der Waals surface area (Å²) in [6.07, 6.45) is 0.757. The van der Waals surface area contributed by atoms with Crippen molar-refractivity contribution in [1.82, 2.24) is 4.98 Å². The van der Waals surface area contributed by atoms with E-state index >= 15 is 0 Å². The summed E-state index contributed by atoms with van der Waals surface area (Å²) in [5.41, 5.74) is 3.27. The van der Waals surface area contributed by atoms with E-state index in [0.29, 0.717) is 10.7 Å². The van der Waals surface area contributed by atoms with Crippen molar-refractivity contribution in [2.24, 2.45) is 0 Å². The SMILES string of the molecule is Cc1ccc(Cl)c2c(C)cc(C=O)nc12. The Balaban J connectivity index is 2.96. The predicted octanol–water partition coefficient (Wildman–Crippen LogP) is 3.32. The van der Waals surface area contributed by atoms with Gasteiger partial charge in [0.15, 0.2) is 6.29 Å². The number of hydrogen-bond acceptors (Lipinski definition) is 2. The first-order valence-electron chi connectivity index (χ1n) is 4.65. The van der Waals surface area contributed by atoms with Crippen LogP contribution in [-0.2, 0) is 0 Å². The lowest BCUT2D eigenvalue weighted by Crippen LogP contribution is -1.93. The van der Waals surface area contributed by atoms with Gasteiger partial charge in [0.05, 0.1) is 10.5 Å². The van der Waals surface area contributed by atoms with Crippen molar-refractivity contribution in [2.75, 3.05) is 0 Å². The third kappa shape index (κ3) is 1.61. The first-order chi connectivity index (χ1) is 7.13. The van der Waals surface area contributed by atoms with E-state index in [4.69, 9.17) is 11.6 Å². The lowest BCUT2D eigenvalue weighted by Gasteiger charge is -2.07. The highest BCUT2D eigenvalue weighted by Gasteiger charge is 2.07. The third-order valence-corrected chi connectivity index (χ3v) is 2.76. The molecule has 0 bridgehead atoms. The maximum Gasteiger partial charge on any atom is 0.168 e. The molecule has 0 N–H and O–H groups in total. The highest BCUT2D eigenvalue weighted by atomic mass is 35.5. The molecule has 76 valence electrons. The van der Waals surface area contributed by atoms with Crippen molar-refractivity contribution in [1.29, 1.82) is 0 Å². The molecule has 2 nitrogen and oxygen atoms in total. The number of halogens is 1. The van der Waals surface area contributed by atoms with Crippen molar-refractivity contribution in [3.63, 3.8) is 0 Å². The summed E-state index contributed by atoms with van der Waals surface area (Å²) in [4.78, 5) is 15.0. The summed E-state index contributed by atoms with van der Waals surface area (Å²) in [6, 6.07) is 5.51. The maximum absolute atomic E-state index is 10.7. The van der Waals surface area contributed by atoms with Crippen molar-refractivity contribution in [3.05, 3.63) is 40.0 Å². The van der Waals surface area contributed by atoms with Crippen LogP contribution in [0.5, 0.6) is 0 Å². The molecular weight excluding hydrogens is 210 g/mol. The van der Waals surface area contributed by atoms with Gasteiger partial charge in [0.2, 0.25) is 0 Å². The zero-order chi connectivity index (χ0) is 11.0. The zero-order valence-corrected chi connectivity index (χ0v) is 9.30. The van der Waals surface area contributed by atoms with Gasteiger partial charge in [-0.2, -0.15) is 0 Å². The van der Waals surface area contributed by atoms with Crippen LogP contribution in [0.15, 0.2) is 18.2 Å². The lowest BCUT2D eigenvalue weighted by molar-refractivity contribution is 0.111. The zero-order valence-electron chi connectivity index (χ0n) is 8.54. The van der Waals surface area contributed by atoms with Crippen LogP contribution in [-0.4, -0.2) is 11.3 Å². The molecule has 0 fully saturated rings. The van der Waals surface area contributed by atoms with E-state index in [1.807, 2.05) is 26.0 Å². The quantitative estimate of drug-likeness (QED) is 0.689. The topological polar surface area (TPSA) is 30.0 Å². The van der Waals surface area contributed by atoms with Gasteiger partial charge in [0.25, 0.3) is 0 Å². The molecule has 3 heteroatoms. The van der Waals surface area contributed by atoms with E-state index in [1.54, 1.807) is 6.07 Å². The lowest BCUT2D eigenvalue weighted by atomic mass is 10.1. The van der Waals surface area contributed by atoms with Gasteiger partial charge in [0.1, 0.15) is 5.69 Å². The minimum atomic E-state index is 0.449. The minimum Gasteiger partial charge on any atom is -0.296 e. The molecular formula is C12H10ClNO. The molecule has 0 radical (unpaired) electrons. The number of hydrogen-bond donors (Lipinski definition) is 0. The Labute approximate surface area is 92.9 Å². The second kappa shape index (κ2) is 3.63. The summed E-state index contributed by atoms with van der Waals surface area (Å²) in [7, 11) is 0. The van der Waals surface area contributed by atoms with E-state index in [9.17, 15) is 4.79 Å². The molecule has 2 rings (SSSR count). The fourth-order valence-electron chi connectivity index (χ4n) is 1.71. The van der Waals surface area contributed by atoms with Crippen LogP contribution in [0.1, 0.15) is 21.6 Å². The number of rotatable bonds is 1. The number of aldehydes is 1. The molecule has 0 saturated heterocycles. The number of pyridine rings is 1. The number of aromatic nitrogens is 1. The standard InChI is InChI=1S/C12H10ClNO/c1-7-3-4-10(13)11-8(2)5-9(6-15)14-12(7)11/h3-6H,1-2H3. The molecule has 2 aromatic rings. The van der Waals surface area contributed by atoms with Crippen LogP contribution >= 0.6 is 11.6 Å². The average Bonchev–Trinajstić information content (AvgIpc) is 2.23. The molecule has 0 aliphatic carbocycles. The molecule has 1 heterocycles. The molecule has 0 aliphatic rings. The van der Waals surface area contributed by atoms with Gasteiger partial charge in [-0.1, -0.05) is 17.7 Å². The summed E-state index contributed by atoms with van der Waals surface area (Å²) in [6.45, 7) is 3.89. The minimum absolute atomic E-state index is 0.449. The summed E-state index contributed by atoms with van der Waals surface area (Å²) in [5.74, 6) is 0.